The van der Waals surface area contributed by atoms with Crippen molar-refractivity contribution in [3.63, 3.8) is 0 Å². The lowest BCUT2D eigenvalue weighted by molar-refractivity contribution is 0.172. The fraction of sp³-hybridized carbons (Fsp3) is 0.424. The highest BCUT2D eigenvalue weighted by Crippen LogP contribution is 2.46. The maximum absolute atomic E-state index is 8.94. The Bertz CT molecular complexity index is 1140. The molecule has 1 unspecified atom stereocenters. The van der Waals surface area contributed by atoms with Gasteiger partial charge in [-0.1, -0.05) is 54.6 Å². The van der Waals surface area contributed by atoms with Crippen molar-refractivity contribution < 1.29 is 18.5 Å². The largest absolute Gasteiger partial charge is 0.497 e. The topological polar surface area (TPSA) is 76.0 Å². The molecule has 0 aliphatic rings. The van der Waals surface area contributed by atoms with Crippen LogP contribution in [0.15, 0.2) is 78.9 Å². The van der Waals surface area contributed by atoms with Crippen LogP contribution in [-0.4, -0.2) is 50.7 Å². The zero-order chi connectivity index (χ0) is 29.7. The summed E-state index contributed by atoms with van der Waals surface area (Å²) in [5.41, 5.74) is 2.61. The minimum Gasteiger partial charge on any atom is -0.497 e. The summed E-state index contributed by atoms with van der Waals surface area (Å²) in [5, 5.41) is 12.8. The Morgan fingerprint density at radius 2 is 1.24 bits per heavy atom. The number of methoxy groups -OCH3 is 2. The highest BCUT2D eigenvalue weighted by molar-refractivity contribution is 7.44. The van der Waals surface area contributed by atoms with Crippen molar-refractivity contribution in [3.8, 4) is 17.6 Å². The first-order chi connectivity index (χ1) is 19.9. The maximum Gasteiger partial charge on any atom is 0.259 e. The first-order valence-electron chi connectivity index (χ1n) is 14.2. The lowest BCUT2D eigenvalue weighted by atomic mass is 9.77. The van der Waals surface area contributed by atoms with Gasteiger partial charge in [-0.05, 0) is 75.1 Å². The molecule has 0 saturated heterocycles. The summed E-state index contributed by atoms with van der Waals surface area (Å²) < 4.78 is 25.9. The van der Waals surface area contributed by atoms with E-state index in [-0.39, 0.29) is 12.1 Å². The monoisotopic (exact) mass is 577 g/mol. The van der Waals surface area contributed by atoms with Crippen molar-refractivity contribution in [1.29, 1.82) is 5.26 Å². The van der Waals surface area contributed by atoms with Gasteiger partial charge in [-0.15, -0.1) is 0 Å². The van der Waals surface area contributed by atoms with Crippen molar-refractivity contribution >= 4 is 8.53 Å². The Balaban J connectivity index is 1.94. The molecular formula is C33H44N3O4P. The molecule has 1 atom stereocenters. The highest BCUT2D eigenvalue weighted by Gasteiger charge is 2.36. The van der Waals surface area contributed by atoms with Crippen LogP contribution in [0.1, 0.15) is 57.2 Å². The predicted octanol–water partition coefficient (Wildman–Crippen LogP) is 7.27. The van der Waals surface area contributed by atoms with Gasteiger partial charge in [0.05, 0.1) is 39.0 Å². The van der Waals surface area contributed by atoms with E-state index in [2.05, 4.69) is 92.3 Å². The van der Waals surface area contributed by atoms with E-state index in [0.29, 0.717) is 32.6 Å². The van der Waals surface area contributed by atoms with Crippen molar-refractivity contribution in [3.05, 3.63) is 95.6 Å². The van der Waals surface area contributed by atoms with E-state index in [1.807, 2.05) is 30.3 Å². The minimum absolute atomic E-state index is 0.257. The van der Waals surface area contributed by atoms with Gasteiger partial charge in [-0.2, -0.15) is 5.26 Å². The fourth-order valence-electron chi connectivity index (χ4n) is 4.98. The fourth-order valence-corrected chi connectivity index (χ4v) is 6.60. The lowest BCUT2D eigenvalue weighted by Gasteiger charge is -2.38. The molecule has 0 fully saturated rings. The van der Waals surface area contributed by atoms with Gasteiger partial charge in [-0.25, -0.2) is 4.67 Å². The van der Waals surface area contributed by atoms with E-state index < -0.39 is 14.1 Å². The summed E-state index contributed by atoms with van der Waals surface area (Å²) in [4.78, 5) is 0. The Morgan fingerprint density at radius 1 is 0.756 bits per heavy atom. The average molecular weight is 578 g/mol. The molecule has 0 spiro atoms. The second-order valence-electron chi connectivity index (χ2n) is 10.2. The van der Waals surface area contributed by atoms with Crippen LogP contribution in [0.2, 0.25) is 0 Å². The number of rotatable bonds is 17. The molecule has 0 amide bonds. The summed E-state index contributed by atoms with van der Waals surface area (Å²) in [7, 11) is 2.06. The standard InChI is InChI=1S/C33H44N3O4P/c1-26(2)36(27(3)4)41(39-24-11-10-22-34)40-25-23-35-33(28-12-8-7-9-13-28,29-14-18-31(37-5)19-15-29)30-16-20-32(38-6)21-17-30/h7-9,12-21,26-27,35H,10-11,23-25H2,1-6H3. The third kappa shape index (κ3) is 8.52. The van der Waals surface area contributed by atoms with Crippen LogP contribution >= 0.6 is 8.53 Å². The molecule has 3 aromatic carbocycles. The molecule has 8 heteroatoms. The Kier molecular flexibility index (Phi) is 13.1. The zero-order valence-corrected chi connectivity index (χ0v) is 26.1. The van der Waals surface area contributed by atoms with Gasteiger partial charge in [0.2, 0.25) is 0 Å². The van der Waals surface area contributed by atoms with Crippen molar-refractivity contribution in [2.45, 2.75) is 58.2 Å². The first-order valence-corrected chi connectivity index (χ1v) is 15.3. The van der Waals surface area contributed by atoms with E-state index in [1.165, 1.54) is 0 Å². The highest BCUT2D eigenvalue weighted by atomic mass is 31.2. The number of benzene rings is 3. The van der Waals surface area contributed by atoms with Gasteiger partial charge >= 0.3 is 0 Å². The molecule has 0 bridgehead atoms. The van der Waals surface area contributed by atoms with Crippen LogP contribution < -0.4 is 14.8 Å². The molecule has 0 radical (unpaired) electrons. The summed E-state index contributed by atoms with van der Waals surface area (Å²) in [6.45, 7) is 10.1. The molecule has 220 valence electrons. The zero-order valence-electron chi connectivity index (χ0n) is 25.2. The van der Waals surface area contributed by atoms with Crippen molar-refractivity contribution in [2.75, 3.05) is 34.0 Å². The number of nitrogens with one attached hydrogen (secondary N) is 1. The van der Waals surface area contributed by atoms with E-state index in [1.54, 1.807) is 14.2 Å². The van der Waals surface area contributed by atoms with E-state index in [9.17, 15) is 0 Å². The number of hydrogen-bond acceptors (Lipinski definition) is 7. The molecule has 7 nitrogen and oxygen atoms in total. The Labute approximate surface area is 247 Å². The molecule has 0 saturated carbocycles. The number of unbranched alkanes of at least 4 members (excludes halogenated alkanes) is 1. The lowest BCUT2D eigenvalue weighted by Crippen LogP contribution is -2.46. The molecular weight excluding hydrogens is 533 g/mol. The molecule has 3 rings (SSSR count). The van der Waals surface area contributed by atoms with Crippen molar-refractivity contribution in [2.24, 2.45) is 0 Å². The maximum atomic E-state index is 8.94. The number of nitriles is 1. The van der Waals surface area contributed by atoms with Gasteiger partial charge in [0, 0.05) is 25.0 Å². The van der Waals surface area contributed by atoms with Gasteiger partial charge in [-0.3, -0.25) is 5.32 Å². The molecule has 0 aliphatic heterocycles. The summed E-state index contributed by atoms with van der Waals surface area (Å²) >= 11 is 0. The third-order valence-electron chi connectivity index (χ3n) is 6.83. The first kappa shape index (κ1) is 32.5. The number of ether oxygens (including phenoxy) is 2. The van der Waals surface area contributed by atoms with Crippen LogP contribution in [0.3, 0.4) is 0 Å². The quantitative estimate of drug-likeness (QED) is 0.103. The van der Waals surface area contributed by atoms with Gasteiger partial charge in [0.1, 0.15) is 11.5 Å². The van der Waals surface area contributed by atoms with Crippen LogP contribution in [0, 0.1) is 11.3 Å². The van der Waals surface area contributed by atoms with E-state index >= 15 is 0 Å². The average Bonchev–Trinajstić information content (AvgIpc) is 2.99. The van der Waals surface area contributed by atoms with Crippen LogP contribution in [0.5, 0.6) is 11.5 Å². The number of hydrogen-bond donors (Lipinski definition) is 1. The number of nitrogens with zero attached hydrogens (tertiary/aromatic N) is 2. The predicted molar refractivity (Wildman–Crippen MR) is 166 cm³/mol. The Morgan fingerprint density at radius 3 is 1.71 bits per heavy atom. The molecule has 3 aromatic rings. The Hall–Kier alpha value is -2.98. The smallest absolute Gasteiger partial charge is 0.259 e. The molecule has 0 aliphatic carbocycles. The van der Waals surface area contributed by atoms with Gasteiger partial charge < -0.3 is 18.5 Å². The molecule has 41 heavy (non-hydrogen) atoms. The summed E-state index contributed by atoms with van der Waals surface area (Å²) in [6, 6.07) is 29.5. The molecule has 0 heterocycles. The minimum atomic E-state index is -1.29. The van der Waals surface area contributed by atoms with Crippen LogP contribution in [-0.2, 0) is 14.6 Å². The second kappa shape index (κ2) is 16.5. The summed E-state index contributed by atoms with van der Waals surface area (Å²) in [5.74, 6) is 1.60. The molecule has 1 N–H and O–H groups in total. The van der Waals surface area contributed by atoms with Crippen LogP contribution in [0.25, 0.3) is 0 Å². The summed E-state index contributed by atoms with van der Waals surface area (Å²) in [6.07, 6.45) is 1.16. The second-order valence-corrected chi connectivity index (χ2v) is 11.7. The molecule has 0 aromatic heterocycles. The van der Waals surface area contributed by atoms with Gasteiger partial charge in [0.25, 0.3) is 8.53 Å². The SMILES string of the molecule is COc1ccc(C(NCCOP(OCCCC#N)N(C(C)C)C(C)C)(c2ccccc2)c2ccc(OC)cc2)cc1. The van der Waals surface area contributed by atoms with Crippen molar-refractivity contribution in [1.82, 2.24) is 9.99 Å². The van der Waals surface area contributed by atoms with E-state index in [0.717, 1.165) is 28.2 Å². The van der Waals surface area contributed by atoms with Gasteiger partial charge in [0.15, 0.2) is 0 Å². The van der Waals surface area contributed by atoms with E-state index in [4.69, 9.17) is 23.8 Å². The van der Waals surface area contributed by atoms with Crippen LogP contribution in [0.4, 0.5) is 0 Å². The third-order valence-corrected chi connectivity index (χ3v) is 8.94. The normalized spacial score (nSPS) is 12.5.